The van der Waals surface area contributed by atoms with Gasteiger partial charge in [-0.2, -0.15) is 0 Å². The van der Waals surface area contributed by atoms with E-state index in [0.29, 0.717) is 0 Å². The average Bonchev–Trinajstić information content (AvgIpc) is 1.56. The second-order valence-corrected chi connectivity index (χ2v) is 14.3. The van der Waals surface area contributed by atoms with Crippen molar-refractivity contribution in [3.63, 3.8) is 0 Å². The Bertz CT molecular complexity index is 127. The third-order valence-corrected chi connectivity index (χ3v) is 9.48. The molecule has 0 unspecified atom stereocenters. The number of nitrogens with one attached hydrogen (secondary N) is 1. The van der Waals surface area contributed by atoms with Gasteiger partial charge in [0, 0.05) is 0 Å². The van der Waals surface area contributed by atoms with E-state index in [2.05, 4.69) is 56.0 Å². The molecule has 0 aromatic rings. The van der Waals surface area contributed by atoms with Crippen LogP contribution in [0.3, 0.4) is 0 Å². The summed E-state index contributed by atoms with van der Waals surface area (Å²) in [6.45, 7) is 11.8. The molecular formula is C7H22N2Si2. The zero-order valence-corrected chi connectivity index (χ0v) is 10.9. The van der Waals surface area contributed by atoms with Gasteiger partial charge in [-0.05, 0) is 27.2 Å². The van der Waals surface area contributed by atoms with Gasteiger partial charge in [0.15, 0.2) is 8.40 Å². The van der Waals surface area contributed by atoms with Crippen molar-refractivity contribution in [2.45, 2.75) is 32.7 Å². The second kappa shape index (κ2) is 3.39. The van der Waals surface area contributed by atoms with Gasteiger partial charge in [-0.1, -0.05) is 19.6 Å². The fourth-order valence-electron chi connectivity index (χ4n) is 1.03. The van der Waals surface area contributed by atoms with Gasteiger partial charge in [0.05, 0.1) is 0 Å². The van der Waals surface area contributed by atoms with Crippen LogP contribution in [0.25, 0.3) is 0 Å². The van der Waals surface area contributed by atoms with E-state index in [1.54, 1.807) is 0 Å². The number of hydrogen-bond donors (Lipinski definition) is 1. The van der Waals surface area contributed by atoms with E-state index in [1.807, 2.05) is 0 Å². The minimum absolute atomic E-state index is 1.09. The Morgan fingerprint density at radius 3 is 1.36 bits per heavy atom. The summed E-state index contributed by atoms with van der Waals surface area (Å²) in [6, 6.07) is 0. The zero-order chi connectivity index (χ0) is 9.28. The van der Waals surface area contributed by atoms with Crippen LogP contribution in [0.1, 0.15) is 0 Å². The average molecular weight is 190 g/mol. The minimum Gasteiger partial charge on any atom is -0.348 e. The zero-order valence-electron chi connectivity index (χ0n) is 8.95. The fourth-order valence-corrected chi connectivity index (χ4v) is 9.27. The number of nitrogens with zero attached hydrogens (tertiary/aromatic N) is 1. The van der Waals surface area contributed by atoms with Crippen molar-refractivity contribution in [1.29, 1.82) is 0 Å². The van der Waals surface area contributed by atoms with E-state index >= 15 is 0 Å². The highest BCUT2D eigenvalue weighted by Crippen LogP contribution is 2.06. The van der Waals surface area contributed by atoms with Crippen molar-refractivity contribution in [2.24, 2.45) is 0 Å². The van der Waals surface area contributed by atoms with Crippen molar-refractivity contribution in [3.05, 3.63) is 0 Å². The Labute approximate surface area is 73.2 Å². The lowest BCUT2D eigenvalue weighted by Gasteiger charge is -2.36. The molecule has 0 aliphatic heterocycles. The molecule has 0 aromatic carbocycles. The molecule has 0 spiro atoms. The predicted molar refractivity (Wildman–Crippen MR) is 57.7 cm³/mol. The molecule has 0 aliphatic rings. The van der Waals surface area contributed by atoms with Crippen LogP contribution < -0.4 is 4.65 Å². The molecular weight excluding hydrogens is 168 g/mol. The molecule has 4 heteroatoms. The third-order valence-electron chi connectivity index (χ3n) is 1.80. The first-order valence-corrected chi connectivity index (χ1v) is 10.6. The van der Waals surface area contributed by atoms with Crippen LogP contribution in [0.15, 0.2) is 0 Å². The van der Waals surface area contributed by atoms with Crippen LogP contribution >= 0.6 is 0 Å². The molecule has 0 fully saturated rings. The van der Waals surface area contributed by atoms with Gasteiger partial charge < -0.3 is 9.21 Å². The van der Waals surface area contributed by atoms with Crippen LogP contribution in [0.5, 0.6) is 0 Å². The summed E-state index contributed by atoms with van der Waals surface area (Å²) in [7, 11) is 1.98. The van der Waals surface area contributed by atoms with Crippen LogP contribution in [0, 0.1) is 0 Å². The standard InChI is InChI=1S/C7H22N2Si2/c1-9(2)11(6,7)8-10(3,4)5/h8H,1-7H3. The van der Waals surface area contributed by atoms with Crippen molar-refractivity contribution in [2.75, 3.05) is 14.1 Å². The molecule has 68 valence electrons. The molecule has 0 heterocycles. The van der Waals surface area contributed by atoms with E-state index in [1.165, 1.54) is 0 Å². The lowest BCUT2D eigenvalue weighted by molar-refractivity contribution is 0.612. The van der Waals surface area contributed by atoms with Gasteiger partial charge in [0.2, 0.25) is 0 Å². The summed E-state index contributed by atoms with van der Waals surface area (Å²) in [6.07, 6.45) is 0. The van der Waals surface area contributed by atoms with Crippen LogP contribution in [-0.2, 0) is 0 Å². The summed E-state index contributed by atoms with van der Waals surface area (Å²) >= 11 is 0. The summed E-state index contributed by atoms with van der Waals surface area (Å²) in [5.74, 6) is 0. The third kappa shape index (κ3) is 4.73. The topological polar surface area (TPSA) is 15.3 Å². The molecule has 0 aromatic heterocycles. The van der Waals surface area contributed by atoms with Crippen molar-refractivity contribution < 1.29 is 0 Å². The number of hydrogen-bond acceptors (Lipinski definition) is 2. The maximum absolute atomic E-state index is 3.80. The normalized spacial score (nSPS) is 14.2. The fraction of sp³-hybridized carbons (Fsp3) is 1.00. The molecule has 0 saturated carbocycles. The largest absolute Gasteiger partial charge is 0.348 e. The molecule has 0 radical (unpaired) electrons. The summed E-state index contributed by atoms with van der Waals surface area (Å²) < 4.78 is 6.15. The summed E-state index contributed by atoms with van der Waals surface area (Å²) in [5.41, 5.74) is 0. The molecule has 0 aliphatic carbocycles. The van der Waals surface area contributed by atoms with Crippen molar-refractivity contribution >= 4 is 16.6 Å². The highest BCUT2D eigenvalue weighted by atomic mass is 28.4. The van der Waals surface area contributed by atoms with Gasteiger partial charge in [0.25, 0.3) is 0 Å². The summed E-state index contributed by atoms with van der Waals surface area (Å²) in [5, 5.41) is 0. The van der Waals surface area contributed by atoms with Crippen LogP contribution in [0.4, 0.5) is 0 Å². The van der Waals surface area contributed by atoms with Crippen molar-refractivity contribution in [3.8, 4) is 0 Å². The monoisotopic (exact) mass is 190 g/mol. The first-order chi connectivity index (χ1) is 4.65. The van der Waals surface area contributed by atoms with Crippen LogP contribution in [0.2, 0.25) is 32.7 Å². The van der Waals surface area contributed by atoms with Gasteiger partial charge in [-0.3, -0.25) is 0 Å². The molecule has 0 bridgehead atoms. The minimum atomic E-state index is -1.27. The van der Waals surface area contributed by atoms with Crippen molar-refractivity contribution in [1.82, 2.24) is 9.21 Å². The van der Waals surface area contributed by atoms with E-state index in [0.717, 1.165) is 0 Å². The molecule has 11 heavy (non-hydrogen) atoms. The van der Waals surface area contributed by atoms with E-state index in [-0.39, 0.29) is 0 Å². The van der Waals surface area contributed by atoms with Gasteiger partial charge in [0.1, 0.15) is 8.24 Å². The Hall–Kier alpha value is 0.354. The smallest absolute Gasteiger partial charge is 0.190 e. The first-order valence-electron chi connectivity index (χ1n) is 4.12. The quantitative estimate of drug-likeness (QED) is 0.681. The van der Waals surface area contributed by atoms with E-state index in [4.69, 9.17) is 0 Å². The highest BCUT2D eigenvalue weighted by molar-refractivity contribution is 6.89. The molecule has 0 rings (SSSR count). The number of rotatable bonds is 3. The highest BCUT2D eigenvalue weighted by Gasteiger charge is 2.29. The second-order valence-electron chi connectivity index (χ2n) is 4.83. The molecule has 0 saturated heterocycles. The lowest BCUT2D eigenvalue weighted by Crippen LogP contribution is -2.64. The van der Waals surface area contributed by atoms with Crippen LogP contribution in [-0.4, -0.2) is 35.3 Å². The Balaban J connectivity index is 4.13. The molecule has 0 atom stereocenters. The summed E-state index contributed by atoms with van der Waals surface area (Å²) in [4.78, 5) is 0. The molecule has 1 N–H and O–H groups in total. The van der Waals surface area contributed by atoms with E-state index in [9.17, 15) is 0 Å². The lowest BCUT2D eigenvalue weighted by atomic mass is 11.3. The predicted octanol–water partition coefficient (Wildman–Crippen LogP) is 1.67. The first kappa shape index (κ1) is 11.4. The SMILES string of the molecule is CN(C)[Si](C)(C)N[Si](C)(C)C. The van der Waals surface area contributed by atoms with E-state index < -0.39 is 16.6 Å². The Morgan fingerprint density at radius 2 is 1.27 bits per heavy atom. The van der Waals surface area contributed by atoms with Gasteiger partial charge in [-0.15, -0.1) is 0 Å². The maximum atomic E-state index is 3.80. The molecule has 2 nitrogen and oxygen atoms in total. The maximum Gasteiger partial charge on any atom is 0.190 e. The van der Waals surface area contributed by atoms with Gasteiger partial charge >= 0.3 is 0 Å². The Morgan fingerprint density at radius 1 is 0.909 bits per heavy atom. The van der Waals surface area contributed by atoms with Gasteiger partial charge in [-0.25, -0.2) is 0 Å². The molecule has 0 amide bonds. The Kier molecular flexibility index (Phi) is 3.50.